The molecule has 4 nitrogen and oxygen atoms in total. The second-order valence-electron chi connectivity index (χ2n) is 5.02. The second-order valence-corrected chi connectivity index (χ2v) is 7.20. The maximum atomic E-state index is 11.9. The Morgan fingerprint density at radius 3 is 2.45 bits per heavy atom. The zero-order valence-electron chi connectivity index (χ0n) is 12.7. The molecule has 120 valence electrons. The Hall–Kier alpha value is -1.08. The molecule has 2 aromatic rings. The van der Waals surface area contributed by atoms with Crippen molar-refractivity contribution in [2.75, 3.05) is 5.32 Å². The highest BCUT2D eigenvalue weighted by molar-refractivity contribution is 8.01. The molecule has 0 aliphatic heterocycles. The van der Waals surface area contributed by atoms with Gasteiger partial charge in [0.25, 0.3) is 0 Å². The molecule has 1 heterocycles. The second kappa shape index (κ2) is 8.53. The third kappa shape index (κ3) is 5.28. The zero-order valence-corrected chi connectivity index (χ0v) is 15.1. The number of amides is 1. The van der Waals surface area contributed by atoms with E-state index in [0.29, 0.717) is 0 Å². The van der Waals surface area contributed by atoms with E-state index in [1.54, 1.807) is 23.1 Å². The third-order valence-electron chi connectivity index (χ3n) is 3.13. The van der Waals surface area contributed by atoms with Gasteiger partial charge in [-0.2, -0.15) is 0 Å². The average Bonchev–Trinajstić information content (AvgIpc) is 2.85. The number of thiazole rings is 1. The third-order valence-corrected chi connectivity index (χ3v) is 5.19. The molecular weight excluding hydrogens is 338 g/mol. The van der Waals surface area contributed by atoms with Crippen molar-refractivity contribution in [1.29, 1.82) is 0 Å². The number of hydrogen-bond acceptors (Lipinski definition) is 5. The lowest BCUT2D eigenvalue weighted by Crippen LogP contribution is -2.34. The minimum atomic E-state index is -0.211. The number of nitrogens with zero attached hydrogens (tertiary/aromatic N) is 1. The zero-order chi connectivity index (χ0) is 15.4. The molecule has 0 bridgehead atoms. The molecule has 3 N–H and O–H groups in total. The predicted octanol–water partition coefficient (Wildman–Crippen LogP) is 3.95. The molecule has 2 atom stereocenters. The molecule has 1 aromatic heterocycles. The number of anilines is 1. The smallest absolute Gasteiger partial charge is 0.228 e. The summed E-state index contributed by atoms with van der Waals surface area (Å²) in [6.07, 6.45) is 0. The number of aromatic nitrogens is 1. The SMILES string of the molecule is Cc1csc(Sc2ccc(NC(=O)C(C)C(C)N)cc2)n1.Cl. The van der Waals surface area contributed by atoms with Crippen LogP contribution in [0.4, 0.5) is 5.69 Å². The highest BCUT2D eigenvalue weighted by Crippen LogP contribution is 2.30. The molecule has 0 radical (unpaired) electrons. The first-order valence-electron chi connectivity index (χ1n) is 6.72. The van der Waals surface area contributed by atoms with Gasteiger partial charge in [-0.25, -0.2) is 4.98 Å². The van der Waals surface area contributed by atoms with Gasteiger partial charge in [0.05, 0.1) is 5.92 Å². The van der Waals surface area contributed by atoms with Crippen molar-refractivity contribution in [3.8, 4) is 0 Å². The molecule has 0 aliphatic carbocycles. The molecular formula is C15H20ClN3OS2. The fourth-order valence-corrected chi connectivity index (χ4v) is 3.39. The van der Waals surface area contributed by atoms with Crippen LogP contribution in [0.3, 0.4) is 0 Å². The summed E-state index contributed by atoms with van der Waals surface area (Å²) < 4.78 is 1.02. The topological polar surface area (TPSA) is 68.0 Å². The largest absolute Gasteiger partial charge is 0.327 e. The van der Waals surface area contributed by atoms with E-state index in [4.69, 9.17) is 5.73 Å². The fraction of sp³-hybridized carbons (Fsp3) is 0.333. The van der Waals surface area contributed by atoms with Gasteiger partial charge < -0.3 is 11.1 Å². The Kier molecular flexibility index (Phi) is 7.35. The molecule has 1 amide bonds. The van der Waals surface area contributed by atoms with Gasteiger partial charge in [0.2, 0.25) is 5.91 Å². The van der Waals surface area contributed by atoms with Crippen LogP contribution >= 0.6 is 35.5 Å². The van der Waals surface area contributed by atoms with Crippen LogP contribution in [0.25, 0.3) is 0 Å². The maximum Gasteiger partial charge on any atom is 0.228 e. The van der Waals surface area contributed by atoms with E-state index >= 15 is 0 Å². The number of carbonyl (C=O) groups excluding carboxylic acids is 1. The van der Waals surface area contributed by atoms with Crippen molar-refractivity contribution in [3.63, 3.8) is 0 Å². The number of carbonyl (C=O) groups is 1. The van der Waals surface area contributed by atoms with Gasteiger partial charge in [0, 0.05) is 27.7 Å². The van der Waals surface area contributed by atoms with E-state index < -0.39 is 0 Å². The first-order chi connectivity index (χ1) is 9.95. The number of rotatable bonds is 5. The van der Waals surface area contributed by atoms with E-state index in [9.17, 15) is 4.79 Å². The predicted molar refractivity (Wildman–Crippen MR) is 96.1 cm³/mol. The Morgan fingerprint density at radius 2 is 1.95 bits per heavy atom. The molecule has 7 heteroatoms. The molecule has 2 unspecified atom stereocenters. The standard InChI is InChI=1S/C15H19N3OS2.ClH/c1-9-8-20-15(17-9)21-13-6-4-12(5-7-13)18-14(19)10(2)11(3)16;/h4-8,10-11H,16H2,1-3H3,(H,18,19);1H. The lowest BCUT2D eigenvalue weighted by atomic mass is 10.0. The van der Waals surface area contributed by atoms with Crippen LogP contribution < -0.4 is 11.1 Å². The van der Waals surface area contributed by atoms with Gasteiger partial charge in [0.15, 0.2) is 4.34 Å². The lowest BCUT2D eigenvalue weighted by molar-refractivity contribution is -0.119. The van der Waals surface area contributed by atoms with E-state index in [0.717, 1.165) is 20.6 Å². The van der Waals surface area contributed by atoms with E-state index in [1.165, 1.54) is 0 Å². The van der Waals surface area contributed by atoms with Crippen LogP contribution in [0.2, 0.25) is 0 Å². The molecule has 22 heavy (non-hydrogen) atoms. The number of halogens is 1. The number of nitrogens with two attached hydrogens (primary N) is 1. The van der Waals surface area contributed by atoms with E-state index in [-0.39, 0.29) is 30.3 Å². The van der Waals surface area contributed by atoms with Crippen molar-refractivity contribution in [1.82, 2.24) is 4.98 Å². The summed E-state index contributed by atoms with van der Waals surface area (Å²) in [5.74, 6) is -0.265. The van der Waals surface area contributed by atoms with E-state index in [2.05, 4.69) is 10.3 Å². The van der Waals surface area contributed by atoms with Gasteiger partial charge in [-0.15, -0.1) is 23.7 Å². The minimum absolute atomic E-state index is 0. The number of benzene rings is 1. The first-order valence-corrected chi connectivity index (χ1v) is 8.42. The summed E-state index contributed by atoms with van der Waals surface area (Å²) in [5.41, 5.74) is 7.56. The van der Waals surface area contributed by atoms with Crippen LogP contribution in [0.15, 0.2) is 38.9 Å². The Morgan fingerprint density at radius 1 is 1.32 bits per heavy atom. The molecule has 0 aliphatic rings. The van der Waals surface area contributed by atoms with Gasteiger partial charge in [-0.05, 0) is 38.1 Å². The van der Waals surface area contributed by atoms with Crippen LogP contribution in [0.5, 0.6) is 0 Å². The van der Waals surface area contributed by atoms with Gasteiger partial charge in [-0.3, -0.25) is 4.79 Å². The molecule has 0 fully saturated rings. The van der Waals surface area contributed by atoms with Crippen LogP contribution in [0, 0.1) is 12.8 Å². The van der Waals surface area contributed by atoms with E-state index in [1.807, 2.05) is 50.4 Å². The molecule has 0 saturated carbocycles. The number of aryl methyl sites for hydroxylation is 1. The van der Waals surface area contributed by atoms with Gasteiger partial charge >= 0.3 is 0 Å². The summed E-state index contributed by atoms with van der Waals surface area (Å²) in [4.78, 5) is 17.4. The Labute approximate surface area is 145 Å². The molecule has 0 spiro atoms. The average molecular weight is 358 g/mol. The lowest BCUT2D eigenvalue weighted by Gasteiger charge is -2.15. The fourth-order valence-electron chi connectivity index (χ4n) is 1.58. The molecule has 2 rings (SSSR count). The molecule has 0 saturated heterocycles. The quantitative estimate of drug-likeness (QED) is 0.850. The van der Waals surface area contributed by atoms with Crippen molar-refractivity contribution < 1.29 is 4.79 Å². The highest BCUT2D eigenvalue weighted by Gasteiger charge is 2.16. The normalized spacial score (nSPS) is 13.1. The molecule has 1 aromatic carbocycles. The number of hydrogen-bond donors (Lipinski definition) is 2. The van der Waals surface area contributed by atoms with Gasteiger partial charge in [0.1, 0.15) is 0 Å². The summed E-state index contributed by atoms with van der Waals surface area (Å²) in [7, 11) is 0. The minimum Gasteiger partial charge on any atom is -0.327 e. The van der Waals surface area contributed by atoms with Crippen molar-refractivity contribution in [2.24, 2.45) is 11.7 Å². The Bertz CT molecular complexity index is 614. The number of nitrogens with one attached hydrogen (secondary N) is 1. The van der Waals surface area contributed by atoms with Crippen LogP contribution in [-0.4, -0.2) is 16.9 Å². The summed E-state index contributed by atoms with van der Waals surface area (Å²) >= 11 is 3.26. The van der Waals surface area contributed by atoms with Crippen molar-refractivity contribution in [2.45, 2.75) is 36.0 Å². The van der Waals surface area contributed by atoms with Crippen LogP contribution in [0.1, 0.15) is 19.5 Å². The summed E-state index contributed by atoms with van der Waals surface area (Å²) in [5, 5.41) is 4.91. The monoisotopic (exact) mass is 357 g/mol. The maximum absolute atomic E-state index is 11.9. The van der Waals surface area contributed by atoms with Crippen LogP contribution in [-0.2, 0) is 4.79 Å². The first kappa shape index (κ1) is 19.0. The summed E-state index contributed by atoms with van der Waals surface area (Å²) in [6, 6.07) is 7.59. The van der Waals surface area contributed by atoms with Gasteiger partial charge in [-0.1, -0.05) is 18.7 Å². The highest BCUT2D eigenvalue weighted by atomic mass is 35.5. The van der Waals surface area contributed by atoms with Crippen molar-refractivity contribution >= 4 is 47.1 Å². The summed E-state index contributed by atoms with van der Waals surface area (Å²) in [6.45, 7) is 5.65. The van der Waals surface area contributed by atoms with Crippen molar-refractivity contribution in [3.05, 3.63) is 35.3 Å². The Balaban J connectivity index is 0.00000242.